The quantitative estimate of drug-likeness (QED) is 0.0222. The smallest absolute Gasteiger partial charge is 0.462 e. The maximum absolute atomic E-state index is 13.2. The summed E-state index contributed by atoms with van der Waals surface area (Å²) >= 11 is 0. The molecule has 0 rings (SSSR count). The molecule has 630 valence electrons. The molecule has 0 saturated heterocycles. The molecule has 0 aliphatic carbocycles. The predicted octanol–water partition coefficient (Wildman–Crippen LogP) is 26.8. The van der Waals surface area contributed by atoms with Crippen LogP contribution in [0.25, 0.3) is 0 Å². The van der Waals surface area contributed by atoms with Crippen molar-refractivity contribution in [3.63, 3.8) is 0 Å². The maximum atomic E-state index is 13.2. The summed E-state index contributed by atoms with van der Waals surface area (Å²) in [5.74, 6) is -1.35. The van der Waals surface area contributed by atoms with Crippen molar-refractivity contribution in [1.29, 1.82) is 0 Å². The van der Waals surface area contributed by atoms with E-state index in [1.165, 1.54) is 295 Å². The number of ether oxygens (including phenoxy) is 4. The Morgan fingerprint density at radius 3 is 0.642 bits per heavy atom. The highest BCUT2D eigenvalue weighted by Gasteiger charge is 2.30. The number of carbonyl (C=O) groups is 4. The number of hydrogen-bond acceptors (Lipinski definition) is 15. The molecule has 3 N–H and O–H groups in total. The van der Waals surface area contributed by atoms with Gasteiger partial charge in [0, 0.05) is 25.7 Å². The minimum absolute atomic E-state index is 0.107. The Morgan fingerprint density at radius 1 is 0.255 bits per heavy atom. The maximum Gasteiger partial charge on any atom is 0.472 e. The number of phosphoric acid groups is 2. The van der Waals surface area contributed by atoms with E-state index in [1.807, 2.05) is 0 Å². The molecule has 0 radical (unpaired) electrons. The second-order valence-corrected chi connectivity index (χ2v) is 34.7. The Labute approximate surface area is 651 Å². The first-order chi connectivity index (χ1) is 51.5. The summed E-state index contributed by atoms with van der Waals surface area (Å²) in [6.45, 7) is 7.36. The average molecular weight is 1550 g/mol. The van der Waals surface area contributed by atoms with Gasteiger partial charge >= 0.3 is 39.5 Å². The zero-order valence-electron chi connectivity index (χ0n) is 69.6. The highest BCUT2D eigenvalue weighted by atomic mass is 31.2. The van der Waals surface area contributed by atoms with Crippen molar-refractivity contribution in [2.75, 3.05) is 39.6 Å². The highest BCUT2D eigenvalue weighted by molar-refractivity contribution is 7.47. The molecule has 0 aromatic rings. The van der Waals surface area contributed by atoms with Crippen LogP contribution >= 0.6 is 15.6 Å². The second-order valence-electron chi connectivity index (χ2n) is 31.8. The fraction of sp³-hybridized carbons (Fsp3) is 0.954. The van der Waals surface area contributed by atoms with Crippen molar-refractivity contribution >= 4 is 39.5 Å². The minimum atomic E-state index is -4.97. The number of aliphatic hydroxyl groups excluding tert-OH is 1. The number of hydrogen-bond donors (Lipinski definition) is 3. The van der Waals surface area contributed by atoms with Gasteiger partial charge < -0.3 is 33.8 Å². The Kier molecular flexibility index (Phi) is 78.2. The highest BCUT2D eigenvalue weighted by Crippen LogP contribution is 2.45. The summed E-state index contributed by atoms with van der Waals surface area (Å²) in [6, 6.07) is 0. The van der Waals surface area contributed by atoms with Crippen molar-refractivity contribution in [2.24, 2.45) is 5.92 Å². The Balaban J connectivity index is 5.24. The molecule has 0 spiro atoms. The summed E-state index contributed by atoms with van der Waals surface area (Å²) in [6.07, 6.45) is 73.6. The fourth-order valence-corrected chi connectivity index (χ4v) is 15.2. The molecule has 5 atom stereocenters. The van der Waals surface area contributed by atoms with E-state index in [1.54, 1.807) is 0 Å². The van der Waals surface area contributed by atoms with E-state index in [0.29, 0.717) is 25.7 Å². The van der Waals surface area contributed by atoms with Crippen molar-refractivity contribution in [3.05, 3.63) is 0 Å². The molecule has 0 heterocycles. The van der Waals surface area contributed by atoms with E-state index in [-0.39, 0.29) is 25.7 Å². The summed E-state index contributed by atoms with van der Waals surface area (Å²) in [5.41, 5.74) is 0. The standard InChI is InChI=1S/C87H170O17P2/c1-6-9-12-15-18-21-24-27-29-31-33-34-36-38-40-43-46-52-57-62-67-72-86(91)103-82(76-98-85(90)71-66-61-56-51-45-42-39-37-35-32-30-28-25-22-19-16-13-10-7-2)78-101-105(93,94)99-74-81(88)75-100-106(95,96)102-79-83(104-87(92)73-68-63-58-53-48-47-49-54-59-64-69-80(4)5)77-97-84(89)70-65-60-55-50-44-41-26-23-20-17-14-11-8-3/h80-83,88H,6-79H2,1-5H3,(H,93,94)(H,95,96)/t81-,82-,83-/m1/s1. The molecule has 19 heteroatoms. The number of phosphoric ester groups is 2. The topological polar surface area (TPSA) is 237 Å². The number of aliphatic hydroxyl groups is 1. The second kappa shape index (κ2) is 79.7. The molecule has 17 nitrogen and oxygen atoms in total. The first-order valence-corrected chi connectivity index (χ1v) is 48.1. The van der Waals surface area contributed by atoms with Crippen LogP contribution in [0.5, 0.6) is 0 Å². The SMILES string of the molecule is CCCCCCCCCCCCCCCCCCCCCCCC(=O)O[C@H](COC(=O)CCCCCCCCCCCCCCCCCCCCC)COP(=O)(O)OC[C@@H](O)COP(=O)(O)OC[C@@H](COC(=O)CCCCCCCCCCCCCCC)OC(=O)CCCCCCCCCCCCC(C)C. The van der Waals surface area contributed by atoms with Crippen LogP contribution in [0.15, 0.2) is 0 Å². The third-order valence-corrected chi connectivity index (χ3v) is 22.4. The van der Waals surface area contributed by atoms with Crippen LogP contribution in [0, 0.1) is 5.92 Å². The van der Waals surface area contributed by atoms with Gasteiger partial charge in [0.15, 0.2) is 12.2 Å². The number of esters is 4. The molecule has 0 saturated carbocycles. The van der Waals surface area contributed by atoms with E-state index in [4.69, 9.17) is 37.0 Å². The van der Waals surface area contributed by atoms with Crippen LogP contribution in [-0.4, -0.2) is 96.7 Å². The summed E-state index contributed by atoms with van der Waals surface area (Å²) in [4.78, 5) is 73.3. The zero-order chi connectivity index (χ0) is 77.6. The first kappa shape index (κ1) is 104. The van der Waals surface area contributed by atoms with Crippen LogP contribution in [0.4, 0.5) is 0 Å². The lowest BCUT2D eigenvalue weighted by Crippen LogP contribution is -2.30. The Hall–Kier alpha value is -1.94. The molecule has 0 fully saturated rings. The lowest BCUT2D eigenvalue weighted by Gasteiger charge is -2.21. The third kappa shape index (κ3) is 80.1. The molecule has 0 aromatic heterocycles. The van der Waals surface area contributed by atoms with Crippen LogP contribution in [0.2, 0.25) is 0 Å². The van der Waals surface area contributed by atoms with Crippen molar-refractivity contribution in [1.82, 2.24) is 0 Å². The van der Waals surface area contributed by atoms with E-state index in [2.05, 4.69) is 34.6 Å². The van der Waals surface area contributed by atoms with Gasteiger partial charge in [0.2, 0.25) is 0 Å². The molecule has 0 bridgehead atoms. The molecular weight excluding hydrogens is 1380 g/mol. The third-order valence-electron chi connectivity index (χ3n) is 20.5. The van der Waals surface area contributed by atoms with Crippen molar-refractivity contribution in [2.45, 2.75) is 490 Å². The van der Waals surface area contributed by atoms with Gasteiger partial charge in [0.05, 0.1) is 26.4 Å². The normalized spacial score (nSPS) is 13.7. The molecule has 0 aliphatic heterocycles. The molecular formula is C87H170O17P2. The van der Waals surface area contributed by atoms with Crippen LogP contribution < -0.4 is 0 Å². The van der Waals surface area contributed by atoms with Gasteiger partial charge in [0.25, 0.3) is 0 Å². The summed E-state index contributed by atoms with van der Waals surface area (Å²) < 4.78 is 68.9. The van der Waals surface area contributed by atoms with Gasteiger partial charge in [-0.2, -0.15) is 0 Å². The zero-order valence-corrected chi connectivity index (χ0v) is 71.4. The first-order valence-electron chi connectivity index (χ1n) is 45.1. The lowest BCUT2D eigenvalue weighted by atomic mass is 10.0. The molecule has 2 unspecified atom stereocenters. The van der Waals surface area contributed by atoms with Gasteiger partial charge in [-0.1, -0.05) is 420 Å². The van der Waals surface area contributed by atoms with Crippen molar-refractivity contribution in [3.8, 4) is 0 Å². The molecule has 0 aromatic carbocycles. The predicted molar refractivity (Wildman–Crippen MR) is 437 cm³/mol. The summed E-state index contributed by atoms with van der Waals surface area (Å²) in [7, 11) is -9.93. The van der Waals surface area contributed by atoms with Crippen LogP contribution in [-0.2, 0) is 65.4 Å². The Morgan fingerprint density at radius 2 is 0.434 bits per heavy atom. The van der Waals surface area contributed by atoms with E-state index < -0.39 is 97.5 Å². The van der Waals surface area contributed by atoms with Gasteiger partial charge in [-0.25, -0.2) is 9.13 Å². The minimum Gasteiger partial charge on any atom is -0.462 e. The van der Waals surface area contributed by atoms with Gasteiger partial charge in [-0.05, 0) is 31.6 Å². The van der Waals surface area contributed by atoms with E-state index in [0.717, 1.165) is 95.8 Å². The van der Waals surface area contributed by atoms with Crippen LogP contribution in [0.1, 0.15) is 471 Å². The number of carbonyl (C=O) groups excluding carboxylic acids is 4. The van der Waals surface area contributed by atoms with E-state index in [9.17, 15) is 43.2 Å². The Bertz CT molecular complexity index is 2010. The van der Waals surface area contributed by atoms with Gasteiger partial charge in [0.1, 0.15) is 19.3 Å². The largest absolute Gasteiger partial charge is 0.472 e. The lowest BCUT2D eigenvalue weighted by molar-refractivity contribution is -0.161. The fourth-order valence-electron chi connectivity index (χ4n) is 13.6. The van der Waals surface area contributed by atoms with Crippen LogP contribution in [0.3, 0.4) is 0 Å². The number of rotatable bonds is 87. The van der Waals surface area contributed by atoms with Gasteiger partial charge in [-0.3, -0.25) is 37.3 Å². The monoisotopic (exact) mass is 1550 g/mol. The number of unbranched alkanes of at least 4 members (excludes halogenated alkanes) is 59. The average Bonchev–Trinajstić information content (AvgIpc) is 0.903. The summed E-state index contributed by atoms with van der Waals surface area (Å²) in [5, 5.41) is 10.7. The molecule has 106 heavy (non-hydrogen) atoms. The van der Waals surface area contributed by atoms with Gasteiger partial charge in [-0.15, -0.1) is 0 Å². The van der Waals surface area contributed by atoms with Crippen molar-refractivity contribution < 1.29 is 80.2 Å². The molecule has 0 aliphatic rings. The molecule has 0 amide bonds. The van der Waals surface area contributed by atoms with E-state index >= 15 is 0 Å².